The van der Waals surface area contributed by atoms with Gasteiger partial charge in [0.05, 0.1) is 21.3 Å². The van der Waals surface area contributed by atoms with Gasteiger partial charge < -0.3 is 0 Å². The van der Waals surface area contributed by atoms with Crippen LogP contribution in [0.25, 0.3) is 17.3 Å². The Morgan fingerprint density at radius 2 is 1.81 bits per heavy atom. The molecule has 1 N–H and O–H groups in total. The molecule has 1 aliphatic rings. The van der Waals surface area contributed by atoms with E-state index in [1.165, 1.54) is 4.68 Å². The van der Waals surface area contributed by atoms with Crippen LogP contribution in [0, 0.1) is 6.92 Å². The van der Waals surface area contributed by atoms with Gasteiger partial charge in [0.15, 0.2) is 0 Å². The highest BCUT2D eigenvalue weighted by Gasteiger charge is 2.18. The first-order valence-corrected chi connectivity index (χ1v) is 8.91. The maximum atomic E-state index is 13.0. The van der Waals surface area contributed by atoms with Crippen LogP contribution in [0.1, 0.15) is 16.8 Å². The van der Waals surface area contributed by atoms with E-state index in [0.717, 1.165) is 16.8 Å². The number of benzene rings is 2. The second kappa shape index (κ2) is 6.47. The third-order valence-electron chi connectivity index (χ3n) is 4.18. The van der Waals surface area contributed by atoms with Gasteiger partial charge in [-0.05, 0) is 31.2 Å². The van der Waals surface area contributed by atoms with Crippen LogP contribution in [0.2, 0.25) is 15.1 Å². The summed E-state index contributed by atoms with van der Waals surface area (Å²) in [7, 11) is 0. The summed E-state index contributed by atoms with van der Waals surface area (Å²) in [6.07, 6.45) is 3.57. The van der Waals surface area contributed by atoms with Gasteiger partial charge in [0.25, 0.3) is 5.56 Å². The van der Waals surface area contributed by atoms with Crippen molar-refractivity contribution in [1.82, 2.24) is 9.78 Å². The second-order valence-corrected chi connectivity index (χ2v) is 7.13. The molecule has 0 radical (unpaired) electrons. The van der Waals surface area contributed by atoms with E-state index in [1.54, 1.807) is 18.3 Å². The number of hydrogen-bond acceptors (Lipinski definition) is 2. The molecule has 3 aromatic rings. The minimum Gasteiger partial charge on any atom is -0.295 e. The van der Waals surface area contributed by atoms with Crippen molar-refractivity contribution in [2.45, 2.75) is 6.92 Å². The molecule has 0 unspecified atom stereocenters. The number of para-hydroxylation sites is 1. The van der Waals surface area contributed by atoms with Crippen LogP contribution in [0.5, 0.6) is 0 Å². The Morgan fingerprint density at radius 1 is 1.12 bits per heavy atom. The lowest BCUT2D eigenvalue weighted by Crippen LogP contribution is -2.17. The molecule has 26 heavy (non-hydrogen) atoms. The first-order valence-electron chi connectivity index (χ1n) is 7.77. The first-order chi connectivity index (χ1) is 12.5. The zero-order valence-corrected chi connectivity index (χ0v) is 15.8. The lowest BCUT2D eigenvalue weighted by Gasteiger charge is -2.07. The van der Waals surface area contributed by atoms with Crippen LogP contribution in [0.4, 0.5) is 5.69 Å². The van der Waals surface area contributed by atoms with Crippen LogP contribution < -0.4 is 5.56 Å². The Kier molecular flexibility index (Phi) is 4.27. The molecular formula is C19H12Cl3N3O. The van der Waals surface area contributed by atoms with Gasteiger partial charge in [-0.1, -0.05) is 53.0 Å². The van der Waals surface area contributed by atoms with Crippen molar-refractivity contribution in [3.05, 3.63) is 78.6 Å². The monoisotopic (exact) mass is 403 g/mol. The van der Waals surface area contributed by atoms with Crippen molar-refractivity contribution in [1.29, 1.82) is 0 Å². The third kappa shape index (κ3) is 2.80. The van der Waals surface area contributed by atoms with Gasteiger partial charge in [-0.3, -0.25) is 14.9 Å². The van der Waals surface area contributed by atoms with Crippen molar-refractivity contribution in [3.63, 3.8) is 0 Å². The molecule has 0 atom stereocenters. The normalized spacial score (nSPS) is 14.2. The molecule has 1 aliphatic heterocycles. The minimum atomic E-state index is -0.251. The molecule has 1 aromatic heterocycles. The second-order valence-electron chi connectivity index (χ2n) is 5.88. The fourth-order valence-corrected chi connectivity index (χ4v) is 3.93. The van der Waals surface area contributed by atoms with Crippen LogP contribution in [-0.4, -0.2) is 16.0 Å². The Hall–Kier alpha value is -2.27. The van der Waals surface area contributed by atoms with E-state index < -0.39 is 0 Å². The number of aromatic amines is 1. The Morgan fingerprint density at radius 3 is 2.54 bits per heavy atom. The number of nitrogens with one attached hydrogen (secondary N) is 1. The number of H-pyrrole nitrogens is 1. The number of rotatable bonds is 2. The molecule has 0 aliphatic carbocycles. The summed E-state index contributed by atoms with van der Waals surface area (Å²) in [6, 6.07) is 10.9. The molecular weight excluding hydrogens is 393 g/mol. The van der Waals surface area contributed by atoms with Gasteiger partial charge in [0.2, 0.25) is 0 Å². The van der Waals surface area contributed by atoms with Crippen molar-refractivity contribution in [2.24, 2.45) is 4.99 Å². The van der Waals surface area contributed by atoms with E-state index in [2.05, 4.69) is 10.1 Å². The van der Waals surface area contributed by atoms with Crippen LogP contribution in [0.3, 0.4) is 0 Å². The van der Waals surface area contributed by atoms with Gasteiger partial charge in [-0.25, -0.2) is 4.68 Å². The van der Waals surface area contributed by atoms with E-state index in [1.807, 2.05) is 37.3 Å². The van der Waals surface area contributed by atoms with Crippen LogP contribution >= 0.6 is 34.8 Å². The molecule has 0 saturated heterocycles. The van der Waals surface area contributed by atoms with Gasteiger partial charge in [-0.15, -0.1) is 0 Å². The number of hydrogen-bond donors (Lipinski definition) is 1. The molecule has 4 nitrogen and oxygen atoms in total. The van der Waals surface area contributed by atoms with Crippen LogP contribution in [0.15, 0.2) is 46.2 Å². The number of aryl methyl sites for hydroxylation is 1. The highest BCUT2D eigenvalue weighted by molar-refractivity contribution is 6.40. The van der Waals surface area contributed by atoms with Gasteiger partial charge in [0.1, 0.15) is 5.69 Å². The maximum Gasteiger partial charge on any atom is 0.278 e. The molecule has 0 fully saturated rings. The van der Waals surface area contributed by atoms with Gasteiger partial charge >= 0.3 is 0 Å². The SMILES string of the molecule is Cc1[nH]n(-c2c(Cl)cc(Cl)cc2Cl)c(=O)c1/C=C1\C=Nc2ccccc21. The predicted molar refractivity (Wildman–Crippen MR) is 109 cm³/mol. The van der Waals surface area contributed by atoms with Crippen LogP contribution in [-0.2, 0) is 0 Å². The highest BCUT2D eigenvalue weighted by Crippen LogP contribution is 2.33. The summed E-state index contributed by atoms with van der Waals surface area (Å²) < 4.78 is 1.33. The Balaban J connectivity index is 1.87. The smallest absolute Gasteiger partial charge is 0.278 e. The number of halogens is 3. The lowest BCUT2D eigenvalue weighted by atomic mass is 10.0. The third-order valence-corrected chi connectivity index (χ3v) is 4.97. The largest absolute Gasteiger partial charge is 0.295 e. The molecule has 2 aromatic carbocycles. The number of aliphatic imine (C=N–C) groups is 1. The lowest BCUT2D eigenvalue weighted by molar-refractivity contribution is 0.835. The summed E-state index contributed by atoms with van der Waals surface area (Å²) in [5, 5.41) is 4.01. The van der Waals surface area contributed by atoms with Crippen molar-refractivity contribution < 1.29 is 0 Å². The summed E-state index contributed by atoms with van der Waals surface area (Å²) in [5.41, 5.74) is 4.08. The number of aromatic nitrogens is 2. The molecule has 4 rings (SSSR count). The van der Waals surface area contributed by atoms with E-state index in [9.17, 15) is 4.79 Å². The zero-order valence-electron chi connectivity index (χ0n) is 13.6. The van der Waals surface area contributed by atoms with E-state index in [0.29, 0.717) is 22.0 Å². The Labute approximate surface area is 164 Å². The minimum absolute atomic E-state index is 0.251. The van der Waals surface area contributed by atoms with E-state index in [4.69, 9.17) is 34.8 Å². The fraction of sp³-hybridized carbons (Fsp3) is 0.0526. The average Bonchev–Trinajstić information content (AvgIpc) is 3.11. The standard InChI is InChI=1S/C19H12Cl3N3O/c1-10-14(6-11-9-23-17-5-3-2-4-13(11)17)19(26)25(24-10)18-15(21)7-12(20)8-16(18)22/h2-9,24H,1H3/b11-6+. The van der Waals surface area contributed by atoms with Gasteiger partial charge in [-0.2, -0.15) is 0 Å². The Bertz CT molecular complexity index is 1130. The molecule has 0 spiro atoms. The number of allylic oxidation sites excluding steroid dienone is 1. The quantitative estimate of drug-likeness (QED) is 0.586. The van der Waals surface area contributed by atoms with E-state index >= 15 is 0 Å². The van der Waals surface area contributed by atoms with Crippen molar-refractivity contribution >= 4 is 58.4 Å². The molecule has 130 valence electrons. The molecule has 0 saturated carbocycles. The molecule has 0 amide bonds. The maximum absolute atomic E-state index is 13.0. The average molecular weight is 405 g/mol. The topological polar surface area (TPSA) is 50.1 Å². The zero-order chi connectivity index (χ0) is 18.4. The summed E-state index contributed by atoms with van der Waals surface area (Å²) in [4.78, 5) is 17.3. The molecule has 2 heterocycles. The molecule has 0 bridgehead atoms. The number of nitrogens with zero attached hydrogens (tertiary/aromatic N) is 2. The summed E-state index contributed by atoms with van der Waals surface area (Å²) >= 11 is 18.5. The highest BCUT2D eigenvalue weighted by atomic mass is 35.5. The first kappa shape index (κ1) is 17.2. The van der Waals surface area contributed by atoms with E-state index in [-0.39, 0.29) is 15.6 Å². The predicted octanol–water partition coefficient (Wildman–Crippen LogP) is 5.69. The molecule has 7 heteroatoms. The number of fused-ring (bicyclic) bond motifs is 1. The van der Waals surface area contributed by atoms with Gasteiger partial charge in [0, 0.05) is 28.1 Å². The fourth-order valence-electron chi connectivity index (χ4n) is 2.94. The summed E-state index contributed by atoms with van der Waals surface area (Å²) in [6.45, 7) is 1.82. The van der Waals surface area contributed by atoms with Crippen molar-refractivity contribution in [2.75, 3.05) is 0 Å². The van der Waals surface area contributed by atoms with Crippen molar-refractivity contribution in [3.8, 4) is 5.69 Å². The summed E-state index contributed by atoms with van der Waals surface area (Å²) in [5.74, 6) is 0.